The molecule has 0 amide bonds. The zero-order valence-corrected chi connectivity index (χ0v) is 11.1. The summed E-state index contributed by atoms with van der Waals surface area (Å²) in [6, 6.07) is 5.46. The van der Waals surface area contributed by atoms with E-state index in [1.807, 2.05) is 13.0 Å². The Morgan fingerprint density at radius 2 is 2.00 bits per heavy atom. The van der Waals surface area contributed by atoms with E-state index < -0.39 is 5.97 Å². The van der Waals surface area contributed by atoms with E-state index in [9.17, 15) is 4.79 Å². The lowest BCUT2D eigenvalue weighted by atomic mass is 10.2. The number of aromatic carboxylic acids is 1. The summed E-state index contributed by atoms with van der Waals surface area (Å²) in [5.41, 5.74) is 3.14. The monoisotopic (exact) mass is 264 g/mol. The molecule has 0 saturated heterocycles. The van der Waals surface area contributed by atoms with Crippen molar-refractivity contribution >= 4 is 17.6 Å². The van der Waals surface area contributed by atoms with E-state index in [1.54, 1.807) is 30.7 Å². The smallest absolute Gasteiger partial charge is 0.339 e. The highest BCUT2D eigenvalue weighted by atomic mass is 35.5. The molecule has 0 fully saturated rings. The average molecular weight is 265 g/mol. The second-order valence-corrected chi connectivity index (χ2v) is 4.63. The van der Waals surface area contributed by atoms with Gasteiger partial charge in [0, 0.05) is 5.02 Å². The number of aryl methyl sites for hydroxylation is 2. The van der Waals surface area contributed by atoms with Crippen molar-refractivity contribution in [2.24, 2.45) is 0 Å². The minimum atomic E-state index is -0.962. The SMILES string of the molecule is Cc1ccc(Cl)cc1-n1nc(C)c(C(=O)O)c1C. The number of hydrogen-bond acceptors (Lipinski definition) is 2. The molecule has 0 atom stereocenters. The fraction of sp³-hybridized carbons (Fsp3) is 0.231. The molecule has 1 aromatic heterocycles. The highest BCUT2D eigenvalue weighted by Gasteiger charge is 2.19. The molecule has 2 aromatic rings. The van der Waals surface area contributed by atoms with Crippen LogP contribution >= 0.6 is 11.6 Å². The molecule has 0 spiro atoms. The molecule has 18 heavy (non-hydrogen) atoms. The summed E-state index contributed by atoms with van der Waals surface area (Å²) in [5.74, 6) is -0.962. The number of aromatic nitrogens is 2. The molecule has 2 rings (SSSR count). The lowest BCUT2D eigenvalue weighted by Gasteiger charge is -2.08. The van der Waals surface area contributed by atoms with Crippen LogP contribution in [0.5, 0.6) is 0 Å². The minimum absolute atomic E-state index is 0.245. The quantitative estimate of drug-likeness (QED) is 0.907. The van der Waals surface area contributed by atoms with Crippen LogP contribution in [0.25, 0.3) is 5.69 Å². The normalized spacial score (nSPS) is 10.7. The molecule has 0 bridgehead atoms. The van der Waals surface area contributed by atoms with Gasteiger partial charge in [0.25, 0.3) is 0 Å². The summed E-state index contributed by atoms with van der Waals surface area (Å²) in [6.45, 7) is 5.36. The summed E-state index contributed by atoms with van der Waals surface area (Å²) < 4.78 is 1.62. The first-order valence-electron chi connectivity index (χ1n) is 5.48. The van der Waals surface area contributed by atoms with Crippen molar-refractivity contribution in [3.05, 3.63) is 45.7 Å². The zero-order chi connectivity index (χ0) is 13.4. The Morgan fingerprint density at radius 1 is 1.33 bits per heavy atom. The fourth-order valence-corrected chi connectivity index (χ4v) is 2.16. The first-order chi connectivity index (χ1) is 8.41. The number of carbonyl (C=O) groups is 1. The predicted octanol–water partition coefficient (Wildman–Crippen LogP) is 3.15. The predicted molar refractivity (Wildman–Crippen MR) is 69.7 cm³/mol. The lowest BCUT2D eigenvalue weighted by molar-refractivity contribution is 0.0695. The topological polar surface area (TPSA) is 55.1 Å². The van der Waals surface area contributed by atoms with E-state index in [0.717, 1.165) is 11.3 Å². The van der Waals surface area contributed by atoms with Gasteiger partial charge in [-0.25, -0.2) is 9.48 Å². The van der Waals surface area contributed by atoms with Gasteiger partial charge >= 0.3 is 5.97 Å². The molecule has 0 aliphatic rings. The van der Waals surface area contributed by atoms with Gasteiger partial charge in [0.15, 0.2) is 0 Å². The fourth-order valence-electron chi connectivity index (χ4n) is 2.00. The van der Waals surface area contributed by atoms with Crippen LogP contribution in [0.4, 0.5) is 0 Å². The molecule has 0 aliphatic carbocycles. The molecular formula is C13H13ClN2O2. The second kappa shape index (κ2) is 4.46. The van der Waals surface area contributed by atoms with Crippen molar-refractivity contribution in [3.63, 3.8) is 0 Å². The number of halogens is 1. The standard InChI is InChI=1S/C13H13ClN2O2/c1-7-4-5-10(14)6-11(7)16-9(3)12(13(17)18)8(2)15-16/h4-6H,1-3H3,(H,17,18). The summed E-state index contributed by atoms with van der Waals surface area (Å²) in [6.07, 6.45) is 0. The Morgan fingerprint density at radius 3 is 2.56 bits per heavy atom. The average Bonchev–Trinajstić information content (AvgIpc) is 2.57. The number of rotatable bonds is 2. The Hall–Kier alpha value is -1.81. The largest absolute Gasteiger partial charge is 0.478 e. The first kappa shape index (κ1) is 12.6. The van der Waals surface area contributed by atoms with Crippen molar-refractivity contribution in [1.29, 1.82) is 0 Å². The molecular weight excluding hydrogens is 252 g/mol. The second-order valence-electron chi connectivity index (χ2n) is 4.19. The van der Waals surface area contributed by atoms with Crippen LogP contribution in [0, 0.1) is 20.8 Å². The molecule has 0 saturated carbocycles. The molecule has 94 valence electrons. The molecule has 5 heteroatoms. The van der Waals surface area contributed by atoms with Gasteiger partial charge in [-0.1, -0.05) is 17.7 Å². The Kier molecular flexibility index (Phi) is 3.13. The van der Waals surface area contributed by atoms with Gasteiger partial charge in [-0.05, 0) is 38.5 Å². The van der Waals surface area contributed by atoms with Crippen molar-refractivity contribution in [2.75, 3.05) is 0 Å². The highest BCUT2D eigenvalue weighted by molar-refractivity contribution is 6.30. The maximum Gasteiger partial charge on any atom is 0.339 e. The van der Waals surface area contributed by atoms with Crippen molar-refractivity contribution < 1.29 is 9.90 Å². The third-order valence-corrected chi connectivity index (χ3v) is 3.14. The number of hydrogen-bond donors (Lipinski definition) is 1. The number of benzene rings is 1. The molecule has 1 heterocycles. The van der Waals surface area contributed by atoms with Gasteiger partial charge in [0.05, 0.1) is 17.1 Å². The maximum absolute atomic E-state index is 11.2. The van der Waals surface area contributed by atoms with Gasteiger partial charge in [0.2, 0.25) is 0 Å². The van der Waals surface area contributed by atoms with Crippen LogP contribution in [0.15, 0.2) is 18.2 Å². The Balaban J connectivity index is 2.69. The van der Waals surface area contributed by atoms with Gasteiger partial charge in [-0.15, -0.1) is 0 Å². The van der Waals surface area contributed by atoms with Crippen LogP contribution in [-0.2, 0) is 0 Å². The van der Waals surface area contributed by atoms with Crippen molar-refractivity contribution in [1.82, 2.24) is 9.78 Å². The van der Waals surface area contributed by atoms with Gasteiger partial charge in [0.1, 0.15) is 5.56 Å². The minimum Gasteiger partial charge on any atom is -0.478 e. The van der Waals surface area contributed by atoms with E-state index in [1.165, 1.54) is 0 Å². The third-order valence-electron chi connectivity index (χ3n) is 2.90. The van der Waals surface area contributed by atoms with E-state index in [2.05, 4.69) is 5.10 Å². The summed E-state index contributed by atoms with van der Waals surface area (Å²) in [4.78, 5) is 11.2. The number of nitrogens with zero attached hydrogens (tertiary/aromatic N) is 2. The number of carboxylic acid groups (broad SMARTS) is 1. The molecule has 0 radical (unpaired) electrons. The van der Waals surface area contributed by atoms with Gasteiger partial charge in [-0.3, -0.25) is 0 Å². The molecule has 0 aliphatic heterocycles. The van der Waals surface area contributed by atoms with Crippen LogP contribution in [0.1, 0.15) is 27.3 Å². The summed E-state index contributed by atoms with van der Waals surface area (Å²) in [5, 5.41) is 14.0. The number of carboxylic acids is 1. The molecule has 1 N–H and O–H groups in total. The molecule has 0 unspecified atom stereocenters. The summed E-state index contributed by atoms with van der Waals surface area (Å²) in [7, 11) is 0. The summed E-state index contributed by atoms with van der Waals surface area (Å²) >= 11 is 5.97. The van der Waals surface area contributed by atoms with E-state index in [0.29, 0.717) is 16.4 Å². The Labute approximate surface area is 110 Å². The van der Waals surface area contributed by atoms with Crippen LogP contribution in [0.3, 0.4) is 0 Å². The lowest BCUT2D eigenvalue weighted by Crippen LogP contribution is -2.04. The third kappa shape index (κ3) is 1.99. The highest BCUT2D eigenvalue weighted by Crippen LogP contribution is 2.23. The van der Waals surface area contributed by atoms with E-state index >= 15 is 0 Å². The van der Waals surface area contributed by atoms with E-state index in [-0.39, 0.29) is 5.56 Å². The molecule has 4 nitrogen and oxygen atoms in total. The Bertz CT molecular complexity index is 632. The molecule has 1 aromatic carbocycles. The van der Waals surface area contributed by atoms with Gasteiger partial charge in [-0.2, -0.15) is 5.10 Å². The van der Waals surface area contributed by atoms with Crippen LogP contribution in [-0.4, -0.2) is 20.9 Å². The van der Waals surface area contributed by atoms with Gasteiger partial charge < -0.3 is 5.11 Å². The van der Waals surface area contributed by atoms with Crippen molar-refractivity contribution in [3.8, 4) is 5.69 Å². The zero-order valence-electron chi connectivity index (χ0n) is 10.4. The first-order valence-corrected chi connectivity index (χ1v) is 5.85. The van der Waals surface area contributed by atoms with Crippen LogP contribution < -0.4 is 0 Å². The van der Waals surface area contributed by atoms with Crippen molar-refractivity contribution in [2.45, 2.75) is 20.8 Å². The van der Waals surface area contributed by atoms with Crippen LogP contribution in [0.2, 0.25) is 5.02 Å². The van der Waals surface area contributed by atoms with E-state index in [4.69, 9.17) is 16.7 Å². The maximum atomic E-state index is 11.2.